The maximum absolute atomic E-state index is 13.3. The van der Waals surface area contributed by atoms with E-state index in [1.807, 2.05) is 42.1 Å². The minimum atomic E-state index is -0.0491. The van der Waals surface area contributed by atoms with Gasteiger partial charge in [0, 0.05) is 13.6 Å². The maximum Gasteiger partial charge on any atom is 0.257 e. The summed E-state index contributed by atoms with van der Waals surface area (Å²) in [5.74, 6) is 1.58. The Morgan fingerprint density at radius 1 is 1.10 bits per heavy atom. The molecule has 1 aliphatic rings. The summed E-state index contributed by atoms with van der Waals surface area (Å²) in [6, 6.07) is 14.0. The fourth-order valence-corrected chi connectivity index (χ4v) is 3.71. The predicted molar refractivity (Wildman–Crippen MR) is 116 cm³/mol. The van der Waals surface area contributed by atoms with Gasteiger partial charge in [-0.05, 0) is 42.7 Å². The lowest BCUT2D eigenvalue weighted by atomic mass is 10.0. The number of aryl methyl sites for hydroxylation is 1. The van der Waals surface area contributed by atoms with Crippen LogP contribution in [0.25, 0.3) is 5.69 Å². The molecule has 0 fully saturated rings. The first-order valence-corrected chi connectivity index (χ1v) is 10.2. The van der Waals surface area contributed by atoms with Crippen LogP contribution in [0.1, 0.15) is 46.9 Å². The Kier molecular flexibility index (Phi) is 5.48. The summed E-state index contributed by atoms with van der Waals surface area (Å²) in [7, 11) is 1.81. The van der Waals surface area contributed by atoms with Crippen molar-refractivity contribution in [3.05, 3.63) is 71.0 Å². The Balaban J connectivity index is 1.59. The zero-order valence-electron chi connectivity index (χ0n) is 17.9. The zero-order valence-corrected chi connectivity index (χ0v) is 17.9. The van der Waals surface area contributed by atoms with Gasteiger partial charge in [-0.2, -0.15) is 5.10 Å². The highest BCUT2D eigenvalue weighted by atomic mass is 16.6. The Bertz CT molecular complexity index is 1050. The highest BCUT2D eigenvalue weighted by molar-refractivity contribution is 5.95. The Hall–Kier alpha value is -3.28. The van der Waals surface area contributed by atoms with Crippen molar-refractivity contribution in [1.29, 1.82) is 0 Å². The third-order valence-electron chi connectivity index (χ3n) is 5.24. The van der Waals surface area contributed by atoms with Gasteiger partial charge in [0.1, 0.15) is 13.2 Å². The fraction of sp³-hybridized carbons (Fsp3) is 0.333. The van der Waals surface area contributed by atoms with Crippen LogP contribution in [0, 0.1) is 6.92 Å². The molecule has 6 heteroatoms. The second-order valence-electron chi connectivity index (χ2n) is 7.98. The first-order valence-electron chi connectivity index (χ1n) is 10.2. The van der Waals surface area contributed by atoms with E-state index in [-0.39, 0.29) is 11.8 Å². The van der Waals surface area contributed by atoms with Gasteiger partial charge in [0.2, 0.25) is 0 Å². The Morgan fingerprint density at radius 3 is 2.50 bits per heavy atom. The van der Waals surface area contributed by atoms with Crippen LogP contribution in [0.3, 0.4) is 0 Å². The summed E-state index contributed by atoms with van der Waals surface area (Å²) in [6.45, 7) is 7.80. The van der Waals surface area contributed by atoms with Crippen molar-refractivity contribution in [3.8, 4) is 17.2 Å². The smallest absolute Gasteiger partial charge is 0.257 e. The van der Waals surface area contributed by atoms with Crippen molar-refractivity contribution in [3.63, 3.8) is 0 Å². The van der Waals surface area contributed by atoms with Gasteiger partial charge in [0.15, 0.2) is 11.5 Å². The molecular weight excluding hydrogens is 378 g/mol. The summed E-state index contributed by atoms with van der Waals surface area (Å²) >= 11 is 0. The molecule has 2 heterocycles. The molecule has 0 saturated carbocycles. The molecule has 0 saturated heterocycles. The molecule has 6 nitrogen and oxygen atoms in total. The SMILES string of the molecule is Cc1ccc(-n2ncc(C(=O)N(C)Cc3ccc4c(c3)OCCO4)c2C(C)C)cc1. The average molecular weight is 405 g/mol. The second-order valence-corrected chi connectivity index (χ2v) is 7.98. The molecule has 1 aliphatic heterocycles. The summed E-state index contributed by atoms with van der Waals surface area (Å²) < 4.78 is 13.1. The molecule has 4 rings (SSSR count). The van der Waals surface area contributed by atoms with E-state index in [1.165, 1.54) is 5.56 Å². The molecule has 0 unspecified atom stereocenters. The van der Waals surface area contributed by atoms with Crippen molar-refractivity contribution in [1.82, 2.24) is 14.7 Å². The summed E-state index contributed by atoms with van der Waals surface area (Å²) in [6.07, 6.45) is 1.68. The monoisotopic (exact) mass is 405 g/mol. The first-order chi connectivity index (χ1) is 14.4. The third-order valence-corrected chi connectivity index (χ3v) is 5.24. The quantitative estimate of drug-likeness (QED) is 0.633. The summed E-state index contributed by atoms with van der Waals surface area (Å²) in [5, 5.41) is 4.54. The standard InChI is InChI=1S/C24H27N3O3/c1-16(2)23-20(14-25-27(23)19-8-5-17(3)6-9-19)24(28)26(4)15-18-7-10-21-22(13-18)30-12-11-29-21/h5-10,13-14,16H,11-12,15H2,1-4H3. The van der Waals surface area contributed by atoms with Gasteiger partial charge in [0.05, 0.1) is 23.1 Å². The van der Waals surface area contributed by atoms with Gasteiger partial charge in [-0.15, -0.1) is 0 Å². The Morgan fingerprint density at radius 2 is 1.80 bits per heavy atom. The van der Waals surface area contributed by atoms with E-state index in [0.717, 1.165) is 28.4 Å². The van der Waals surface area contributed by atoms with E-state index in [1.54, 1.807) is 11.1 Å². The second kappa shape index (κ2) is 8.22. The summed E-state index contributed by atoms with van der Waals surface area (Å²) in [5.41, 5.74) is 4.68. The van der Waals surface area contributed by atoms with Crippen LogP contribution in [0.4, 0.5) is 0 Å². The number of ether oxygens (including phenoxy) is 2. The van der Waals surface area contributed by atoms with Crippen LogP contribution in [0.5, 0.6) is 11.5 Å². The molecule has 1 amide bonds. The molecule has 0 bridgehead atoms. The Labute approximate surface area is 177 Å². The van der Waals surface area contributed by atoms with Crippen LogP contribution in [0.2, 0.25) is 0 Å². The van der Waals surface area contributed by atoms with Gasteiger partial charge < -0.3 is 14.4 Å². The van der Waals surface area contributed by atoms with Gasteiger partial charge in [-0.3, -0.25) is 4.79 Å². The molecule has 156 valence electrons. The van der Waals surface area contributed by atoms with E-state index in [9.17, 15) is 4.79 Å². The lowest BCUT2D eigenvalue weighted by molar-refractivity contribution is 0.0783. The van der Waals surface area contributed by atoms with E-state index < -0.39 is 0 Å². The number of benzene rings is 2. The highest BCUT2D eigenvalue weighted by Crippen LogP contribution is 2.31. The van der Waals surface area contributed by atoms with Crippen molar-refractivity contribution >= 4 is 5.91 Å². The minimum Gasteiger partial charge on any atom is -0.486 e. The fourth-order valence-electron chi connectivity index (χ4n) is 3.71. The number of carbonyl (C=O) groups excluding carboxylic acids is 1. The molecule has 30 heavy (non-hydrogen) atoms. The number of aromatic nitrogens is 2. The normalized spacial score (nSPS) is 12.8. The third kappa shape index (κ3) is 3.90. The van der Waals surface area contributed by atoms with Crippen molar-refractivity contribution in [2.75, 3.05) is 20.3 Å². The molecule has 0 radical (unpaired) electrons. The lowest BCUT2D eigenvalue weighted by Gasteiger charge is -2.22. The average Bonchev–Trinajstić information content (AvgIpc) is 3.19. The zero-order chi connectivity index (χ0) is 21.3. The number of rotatable bonds is 5. The molecular formula is C24H27N3O3. The van der Waals surface area contributed by atoms with Crippen LogP contribution in [-0.2, 0) is 6.54 Å². The number of amides is 1. The van der Waals surface area contributed by atoms with Crippen LogP contribution in [0.15, 0.2) is 48.7 Å². The topological polar surface area (TPSA) is 56.6 Å². The van der Waals surface area contributed by atoms with Crippen molar-refractivity contribution < 1.29 is 14.3 Å². The highest BCUT2D eigenvalue weighted by Gasteiger charge is 2.24. The molecule has 2 aromatic carbocycles. The van der Waals surface area contributed by atoms with Gasteiger partial charge in [0.25, 0.3) is 5.91 Å². The van der Waals surface area contributed by atoms with Crippen molar-refractivity contribution in [2.45, 2.75) is 33.2 Å². The van der Waals surface area contributed by atoms with E-state index in [4.69, 9.17) is 9.47 Å². The van der Waals surface area contributed by atoms with E-state index in [2.05, 4.69) is 38.0 Å². The molecule has 0 aliphatic carbocycles. The van der Waals surface area contributed by atoms with Gasteiger partial charge in [-0.1, -0.05) is 37.6 Å². The molecule has 0 atom stereocenters. The van der Waals surface area contributed by atoms with E-state index in [0.29, 0.717) is 25.3 Å². The summed E-state index contributed by atoms with van der Waals surface area (Å²) in [4.78, 5) is 15.0. The van der Waals surface area contributed by atoms with E-state index >= 15 is 0 Å². The van der Waals surface area contributed by atoms with Gasteiger partial charge in [-0.25, -0.2) is 4.68 Å². The molecule has 3 aromatic rings. The maximum atomic E-state index is 13.3. The molecule has 1 aromatic heterocycles. The van der Waals surface area contributed by atoms with Crippen LogP contribution >= 0.6 is 0 Å². The number of hydrogen-bond acceptors (Lipinski definition) is 4. The first kappa shape index (κ1) is 20.0. The number of nitrogens with zero attached hydrogens (tertiary/aromatic N) is 3. The number of hydrogen-bond donors (Lipinski definition) is 0. The molecule has 0 N–H and O–H groups in total. The molecule has 0 spiro atoms. The number of fused-ring (bicyclic) bond motifs is 1. The van der Waals surface area contributed by atoms with Crippen LogP contribution < -0.4 is 9.47 Å². The minimum absolute atomic E-state index is 0.0491. The van der Waals surface area contributed by atoms with Crippen LogP contribution in [-0.4, -0.2) is 40.8 Å². The number of carbonyl (C=O) groups is 1. The lowest BCUT2D eigenvalue weighted by Crippen LogP contribution is -2.27. The largest absolute Gasteiger partial charge is 0.486 e. The van der Waals surface area contributed by atoms with Gasteiger partial charge >= 0.3 is 0 Å². The predicted octanol–water partition coefficient (Wildman–Crippen LogP) is 4.35. The van der Waals surface area contributed by atoms with Crippen molar-refractivity contribution in [2.24, 2.45) is 0 Å².